The Hall–Kier alpha value is -1.90. The van der Waals surface area contributed by atoms with Crippen LogP contribution in [0.2, 0.25) is 0 Å². The Kier molecular flexibility index (Phi) is 9.13. The summed E-state index contributed by atoms with van der Waals surface area (Å²) in [5, 5.41) is 10.4. The average molecular weight is 430 g/mol. The van der Waals surface area contributed by atoms with E-state index in [4.69, 9.17) is 0 Å². The smallest absolute Gasteiger partial charge is 0.242 e. The van der Waals surface area contributed by atoms with Gasteiger partial charge in [0.05, 0.1) is 6.20 Å². The summed E-state index contributed by atoms with van der Waals surface area (Å²) >= 11 is 0. The van der Waals surface area contributed by atoms with E-state index in [1.54, 1.807) is 17.9 Å². The van der Waals surface area contributed by atoms with Gasteiger partial charge in [0.2, 0.25) is 5.91 Å². The summed E-state index contributed by atoms with van der Waals surface area (Å²) in [6, 6.07) is 1.81. The van der Waals surface area contributed by atoms with E-state index in [0.717, 1.165) is 48.8 Å². The van der Waals surface area contributed by atoms with E-state index < -0.39 is 0 Å². The summed E-state index contributed by atoms with van der Waals surface area (Å²) in [7, 11) is 3.64. The van der Waals surface area contributed by atoms with Gasteiger partial charge in [0.15, 0.2) is 0 Å². The highest BCUT2D eigenvalue weighted by Crippen LogP contribution is 2.20. The van der Waals surface area contributed by atoms with Crippen molar-refractivity contribution in [1.29, 1.82) is 0 Å². The number of halogens is 2. The molecule has 1 fully saturated rings. The first-order chi connectivity index (χ1) is 12.5. The molecule has 156 valence electrons. The van der Waals surface area contributed by atoms with E-state index >= 15 is 0 Å². The molecule has 1 saturated heterocycles. The standard InChI is InChI=1S/C18H27N7O.2ClH/c1-12-9-16(22-13(2)21-12)25-7-5-15(6-8-25)23-18(26)17(19-3)14-10-20-24(4)11-14;;/h9-11,15,17,19H,5-8H2,1-4H3,(H,23,26);2*1H. The summed E-state index contributed by atoms with van der Waals surface area (Å²) < 4.78 is 1.71. The molecule has 0 saturated carbocycles. The first-order valence-corrected chi connectivity index (χ1v) is 8.99. The van der Waals surface area contributed by atoms with Crippen molar-refractivity contribution in [1.82, 2.24) is 30.4 Å². The van der Waals surface area contributed by atoms with Crippen LogP contribution in [0, 0.1) is 13.8 Å². The van der Waals surface area contributed by atoms with Crippen LogP contribution in [0.5, 0.6) is 0 Å². The van der Waals surface area contributed by atoms with E-state index in [9.17, 15) is 4.79 Å². The summed E-state index contributed by atoms with van der Waals surface area (Å²) in [5.74, 6) is 1.76. The second-order valence-electron chi connectivity index (χ2n) is 6.85. The van der Waals surface area contributed by atoms with E-state index in [1.807, 2.05) is 33.2 Å². The average Bonchev–Trinajstić information content (AvgIpc) is 3.01. The predicted molar refractivity (Wildman–Crippen MR) is 114 cm³/mol. The lowest BCUT2D eigenvalue weighted by Crippen LogP contribution is -2.47. The summed E-state index contributed by atoms with van der Waals surface area (Å²) in [6.07, 6.45) is 5.39. The number of aromatic nitrogens is 4. The molecule has 2 N–H and O–H groups in total. The summed E-state index contributed by atoms with van der Waals surface area (Å²) in [5.41, 5.74) is 1.85. The second-order valence-corrected chi connectivity index (χ2v) is 6.85. The highest BCUT2D eigenvalue weighted by Gasteiger charge is 2.26. The molecule has 1 amide bonds. The zero-order valence-electron chi connectivity index (χ0n) is 16.7. The molecule has 1 unspecified atom stereocenters. The molecule has 1 atom stereocenters. The predicted octanol–water partition coefficient (Wildman–Crippen LogP) is 1.72. The van der Waals surface area contributed by atoms with Gasteiger partial charge in [0.25, 0.3) is 0 Å². The Labute approximate surface area is 178 Å². The van der Waals surface area contributed by atoms with Crippen LogP contribution in [0.15, 0.2) is 18.5 Å². The van der Waals surface area contributed by atoms with Gasteiger partial charge in [0, 0.05) is 49.7 Å². The van der Waals surface area contributed by atoms with Crippen LogP contribution in [0.3, 0.4) is 0 Å². The van der Waals surface area contributed by atoms with Crippen LogP contribution in [-0.4, -0.2) is 51.8 Å². The number of amides is 1. The molecule has 2 aromatic rings. The number of anilines is 1. The Balaban J connectivity index is 0.00000196. The highest BCUT2D eigenvalue weighted by molar-refractivity contribution is 5.85. The van der Waals surface area contributed by atoms with Crippen LogP contribution < -0.4 is 15.5 Å². The molecular weight excluding hydrogens is 401 g/mol. The highest BCUT2D eigenvalue weighted by atomic mass is 35.5. The lowest BCUT2D eigenvalue weighted by Gasteiger charge is -2.34. The van der Waals surface area contributed by atoms with Gasteiger partial charge in [-0.25, -0.2) is 9.97 Å². The van der Waals surface area contributed by atoms with Crippen molar-refractivity contribution in [2.45, 2.75) is 38.8 Å². The number of hydrogen-bond acceptors (Lipinski definition) is 6. The van der Waals surface area contributed by atoms with Gasteiger partial charge in [-0.2, -0.15) is 5.10 Å². The van der Waals surface area contributed by atoms with Gasteiger partial charge in [-0.1, -0.05) is 0 Å². The van der Waals surface area contributed by atoms with Crippen molar-refractivity contribution in [3.63, 3.8) is 0 Å². The van der Waals surface area contributed by atoms with Crippen LogP contribution in [0.4, 0.5) is 5.82 Å². The molecule has 3 heterocycles. The lowest BCUT2D eigenvalue weighted by molar-refractivity contribution is -0.124. The minimum Gasteiger partial charge on any atom is -0.356 e. The molecule has 0 spiro atoms. The van der Waals surface area contributed by atoms with E-state index in [1.165, 1.54) is 0 Å². The Morgan fingerprint density at radius 2 is 1.89 bits per heavy atom. The number of nitrogens with zero attached hydrogens (tertiary/aromatic N) is 5. The summed E-state index contributed by atoms with van der Waals surface area (Å²) in [4.78, 5) is 23.8. The molecule has 0 aliphatic carbocycles. The molecule has 28 heavy (non-hydrogen) atoms. The van der Waals surface area contributed by atoms with Gasteiger partial charge in [-0.3, -0.25) is 9.48 Å². The molecule has 0 radical (unpaired) electrons. The molecule has 8 nitrogen and oxygen atoms in total. The normalized spacial score (nSPS) is 15.4. The van der Waals surface area contributed by atoms with Crippen molar-refractivity contribution in [2.75, 3.05) is 25.0 Å². The van der Waals surface area contributed by atoms with Crippen molar-refractivity contribution in [3.8, 4) is 0 Å². The van der Waals surface area contributed by atoms with Crippen molar-refractivity contribution in [2.24, 2.45) is 7.05 Å². The molecule has 10 heteroatoms. The van der Waals surface area contributed by atoms with Crippen molar-refractivity contribution < 1.29 is 4.79 Å². The SMILES string of the molecule is CNC(C(=O)NC1CCN(c2cc(C)nc(C)n2)CC1)c1cnn(C)c1.Cl.Cl. The first-order valence-electron chi connectivity index (χ1n) is 8.99. The third kappa shape index (κ3) is 5.80. The third-order valence-electron chi connectivity index (χ3n) is 4.73. The molecule has 1 aliphatic heterocycles. The fourth-order valence-corrected chi connectivity index (χ4v) is 3.44. The minimum atomic E-state index is -0.381. The fraction of sp³-hybridized carbons (Fsp3) is 0.556. The monoisotopic (exact) mass is 429 g/mol. The van der Waals surface area contributed by atoms with Gasteiger partial charge in [-0.05, 0) is 33.7 Å². The number of piperidine rings is 1. The molecule has 0 bridgehead atoms. The number of carbonyl (C=O) groups is 1. The zero-order valence-corrected chi connectivity index (χ0v) is 18.3. The molecule has 3 rings (SSSR count). The molecule has 2 aromatic heterocycles. The van der Waals surface area contributed by atoms with Crippen molar-refractivity contribution >= 4 is 36.5 Å². The second kappa shape index (κ2) is 10.6. The molecular formula is C18H29Cl2N7O. The topological polar surface area (TPSA) is 88.0 Å². The maximum Gasteiger partial charge on any atom is 0.242 e. The fourth-order valence-electron chi connectivity index (χ4n) is 3.44. The van der Waals surface area contributed by atoms with Crippen LogP contribution in [0.25, 0.3) is 0 Å². The quantitative estimate of drug-likeness (QED) is 0.751. The van der Waals surface area contributed by atoms with E-state index in [0.29, 0.717) is 0 Å². The van der Waals surface area contributed by atoms with Crippen LogP contribution in [0.1, 0.15) is 36.0 Å². The Morgan fingerprint density at radius 1 is 1.21 bits per heavy atom. The third-order valence-corrected chi connectivity index (χ3v) is 4.73. The Bertz CT molecular complexity index is 755. The maximum absolute atomic E-state index is 12.6. The molecule has 0 aromatic carbocycles. The number of aryl methyl sites for hydroxylation is 3. The molecule has 1 aliphatic rings. The summed E-state index contributed by atoms with van der Waals surface area (Å²) in [6.45, 7) is 5.65. The minimum absolute atomic E-state index is 0. The number of nitrogens with one attached hydrogen (secondary N) is 2. The van der Waals surface area contributed by atoms with Gasteiger partial charge >= 0.3 is 0 Å². The zero-order chi connectivity index (χ0) is 18.7. The number of hydrogen-bond donors (Lipinski definition) is 2. The maximum atomic E-state index is 12.6. The number of rotatable bonds is 5. The van der Waals surface area contributed by atoms with Gasteiger partial charge in [0.1, 0.15) is 17.7 Å². The lowest BCUT2D eigenvalue weighted by atomic mass is 10.0. The number of carbonyl (C=O) groups excluding carboxylic acids is 1. The Morgan fingerprint density at radius 3 is 2.43 bits per heavy atom. The number of likely N-dealkylation sites (N-methyl/N-ethyl adjacent to an activating group) is 1. The van der Waals surface area contributed by atoms with Crippen LogP contribution >= 0.6 is 24.8 Å². The van der Waals surface area contributed by atoms with E-state index in [2.05, 4.69) is 30.6 Å². The van der Waals surface area contributed by atoms with E-state index in [-0.39, 0.29) is 42.8 Å². The van der Waals surface area contributed by atoms with Crippen molar-refractivity contribution in [3.05, 3.63) is 35.5 Å². The first kappa shape index (κ1) is 24.1. The van der Waals surface area contributed by atoms with Gasteiger partial charge in [-0.15, -0.1) is 24.8 Å². The van der Waals surface area contributed by atoms with Gasteiger partial charge < -0.3 is 15.5 Å². The largest absolute Gasteiger partial charge is 0.356 e. The van der Waals surface area contributed by atoms with Crippen LogP contribution in [-0.2, 0) is 11.8 Å².